The van der Waals surface area contributed by atoms with Gasteiger partial charge in [0.1, 0.15) is 5.82 Å². The highest BCUT2D eigenvalue weighted by atomic mass is 16.6. The molecule has 0 aromatic carbocycles. The molecule has 0 fully saturated rings. The van der Waals surface area contributed by atoms with Crippen LogP contribution in [0.15, 0.2) is 24.5 Å². The Labute approximate surface area is 114 Å². The summed E-state index contributed by atoms with van der Waals surface area (Å²) in [4.78, 5) is 14.3. The van der Waals surface area contributed by atoms with Crippen molar-refractivity contribution >= 4 is 11.5 Å². The maximum Gasteiger partial charge on any atom is 0.331 e. The van der Waals surface area contributed by atoms with E-state index in [1.807, 2.05) is 6.92 Å². The lowest BCUT2D eigenvalue weighted by Crippen LogP contribution is -2.09. The maximum atomic E-state index is 10.9. The molecule has 3 N–H and O–H groups in total. The first-order valence-electron chi connectivity index (χ1n) is 5.96. The average Bonchev–Trinajstić information content (AvgIpc) is 2.86. The number of aryl methyl sites for hydroxylation is 1. The Hall–Kier alpha value is -2.68. The number of hydrogen-bond acceptors (Lipinski definition) is 7. The molecule has 0 aliphatic heterocycles. The van der Waals surface area contributed by atoms with E-state index in [-0.39, 0.29) is 17.4 Å². The SMILES string of the molecule is CCCn1cc(Oc2nc(NN)ccc2[N+](=O)[O-])cn1. The standard InChI is InChI=1S/C11H14N6O3/c1-2-5-16-7-8(6-13-16)20-11-9(17(18)19)3-4-10(14-11)15-12/h3-4,6-7H,2,5,12H2,1H3,(H,14,15). The van der Waals surface area contributed by atoms with E-state index in [1.54, 1.807) is 10.9 Å². The summed E-state index contributed by atoms with van der Waals surface area (Å²) in [6, 6.07) is 2.67. The summed E-state index contributed by atoms with van der Waals surface area (Å²) in [5, 5.41) is 15.0. The monoisotopic (exact) mass is 278 g/mol. The largest absolute Gasteiger partial charge is 0.430 e. The predicted molar refractivity (Wildman–Crippen MR) is 71.3 cm³/mol. The number of nitrogens with two attached hydrogens (primary N) is 1. The highest BCUT2D eigenvalue weighted by Crippen LogP contribution is 2.30. The minimum Gasteiger partial charge on any atom is -0.430 e. The maximum absolute atomic E-state index is 10.9. The Morgan fingerprint density at radius 1 is 1.55 bits per heavy atom. The number of anilines is 1. The van der Waals surface area contributed by atoms with E-state index in [4.69, 9.17) is 10.6 Å². The van der Waals surface area contributed by atoms with Gasteiger partial charge in [0.2, 0.25) is 0 Å². The van der Waals surface area contributed by atoms with E-state index in [2.05, 4.69) is 15.5 Å². The van der Waals surface area contributed by atoms with E-state index in [9.17, 15) is 10.1 Å². The number of pyridine rings is 1. The Morgan fingerprint density at radius 2 is 2.35 bits per heavy atom. The lowest BCUT2D eigenvalue weighted by atomic mass is 10.4. The van der Waals surface area contributed by atoms with Gasteiger partial charge in [0.25, 0.3) is 0 Å². The molecule has 0 radical (unpaired) electrons. The van der Waals surface area contributed by atoms with Gasteiger partial charge in [-0.05, 0) is 12.5 Å². The third-order valence-corrected chi connectivity index (χ3v) is 2.46. The summed E-state index contributed by atoms with van der Waals surface area (Å²) in [6.45, 7) is 2.76. The zero-order valence-corrected chi connectivity index (χ0v) is 10.8. The first kappa shape index (κ1) is 13.7. The Balaban J connectivity index is 2.27. The molecule has 2 aromatic heterocycles. The number of aromatic nitrogens is 3. The molecule has 0 aliphatic rings. The fourth-order valence-electron chi connectivity index (χ4n) is 1.59. The molecular formula is C11H14N6O3. The molecule has 0 amide bonds. The van der Waals surface area contributed by atoms with Gasteiger partial charge in [0.15, 0.2) is 5.75 Å². The van der Waals surface area contributed by atoms with Crippen molar-refractivity contribution in [3.63, 3.8) is 0 Å². The van der Waals surface area contributed by atoms with Crippen LogP contribution in [0.3, 0.4) is 0 Å². The second-order valence-electron chi connectivity index (χ2n) is 3.96. The number of nitrogen functional groups attached to an aromatic ring is 1. The third-order valence-electron chi connectivity index (χ3n) is 2.46. The summed E-state index contributed by atoms with van der Waals surface area (Å²) < 4.78 is 7.10. The number of nitro groups is 1. The molecule has 2 rings (SSSR count). The lowest BCUT2D eigenvalue weighted by molar-refractivity contribution is -0.386. The normalized spacial score (nSPS) is 10.3. The van der Waals surface area contributed by atoms with Crippen LogP contribution in [-0.2, 0) is 6.54 Å². The molecule has 0 saturated carbocycles. The van der Waals surface area contributed by atoms with Crippen molar-refractivity contribution in [3.8, 4) is 11.6 Å². The van der Waals surface area contributed by atoms with Crippen molar-refractivity contribution in [2.75, 3.05) is 5.43 Å². The molecule has 9 nitrogen and oxygen atoms in total. The van der Waals surface area contributed by atoms with Crippen LogP contribution in [-0.4, -0.2) is 19.7 Å². The predicted octanol–water partition coefficient (Wildman–Crippen LogP) is 1.67. The molecule has 2 aromatic rings. The number of hydrazine groups is 1. The van der Waals surface area contributed by atoms with Gasteiger partial charge >= 0.3 is 11.6 Å². The summed E-state index contributed by atoms with van der Waals surface area (Å²) in [5.41, 5.74) is 2.07. The number of nitrogens with zero attached hydrogens (tertiary/aromatic N) is 4. The van der Waals surface area contributed by atoms with Gasteiger partial charge in [0.05, 0.1) is 17.3 Å². The van der Waals surface area contributed by atoms with Gasteiger partial charge in [-0.15, -0.1) is 0 Å². The molecule has 0 unspecified atom stereocenters. The highest BCUT2D eigenvalue weighted by Gasteiger charge is 2.19. The molecule has 0 saturated heterocycles. The molecule has 0 aliphatic carbocycles. The van der Waals surface area contributed by atoms with E-state index in [0.717, 1.165) is 13.0 Å². The second kappa shape index (κ2) is 5.97. The Kier molecular flexibility index (Phi) is 4.11. The first-order chi connectivity index (χ1) is 9.63. The van der Waals surface area contributed by atoms with Crippen LogP contribution in [0, 0.1) is 10.1 Å². The summed E-state index contributed by atoms with van der Waals surface area (Å²) in [7, 11) is 0. The van der Waals surface area contributed by atoms with Crippen LogP contribution in [0.5, 0.6) is 11.6 Å². The number of hydrogen-bond donors (Lipinski definition) is 2. The van der Waals surface area contributed by atoms with Gasteiger partial charge in [-0.3, -0.25) is 14.8 Å². The van der Waals surface area contributed by atoms with E-state index in [1.165, 1.54) is 18.3 Å². The van der Waals surface area contributed by atoms with Crippen molar-refractivity contribution in [2.45, 2.75) is 19.9 Å². The van der Waals surface area contributed by atoms with Crippen LogP contribution in [0.2, 0.25) is 0 Å². The molecule has 0 atom stereocenters. The van der Waals surface area contributed by atoms with Crippen molar-refractivity contribution in [1.29, 1.82) is 0 Å². The number of ether oxygens (including phenoxy) is 1. The summed E-state index contributed by atoms with van der Waals surface area (Å²) in [6.07, 6.45) is 4.05. The van der Waals surface area contributed by atoms with Crippen molar-refractivity contribution < 1.29 is 9.66 Å². The lowest BCUT2D eigenvalue weighted by Gasteiger charge is -2.05. The van der Waals surface area contributed by atoms with Crippen molar-refractivity contribution in [1.82, 2.24) is 14.8 Å². The minimum atomic E-state index is -0.570. The number of rotatable bonds is 6. The zero-order chi connectivity index (χ0) is 14.5. The average molecular weight is 278 g/mol. The van der Waals surface area contributed by atoms with Crippen molar-refractivity contribution in [2.24, 2.45) is 5.84 Å². The van der Waals surface area contributed by atoms with E-state index in [0.29, 0.717) is 5.75 Å². The number of nitrogens with one attached hydrogen (secondary N) is 1. The Morgan fingerprint density at radius 3 is 3.00 bits per heavy atom. The molecule has 0 bridgehead atoms. The molecule has 106 valence electrons. The van der Waals surface area contributed by atoms with Gasteiger partial charge < -0.3 is 10.2 Å². The van der Waals surface area contributed by atoms with Crippen LogP contribution in [0.25, 0.3) is 0 Å². The first-order valence-corrected chi connectivity index (χ1v) is 5.96. The van der Waals surface area contributed by atoms with E-state index < -0.39 is 4.92 Å². The molecular weight excluding hydrogens is 264 g/mol. The Bertz CT molecular complexity index is 612. The van der Waals surface area contributed by atoms with Gasteiger partial charge in [-0.1, -0.05) is 6.92 Å². The van der Waals surface area contributed by atoms with Gasteiger partial charge in [-0.25, -0.2) is 5.84 Å². The third kappa shape index (κ3) is 3.01. The molecule has 0 spiro atoms. The topological polar surface area (TPSA) is 121 Å². The molecule has 20 heavy (non-hydrogen) atoms. The quantitative estimate of drug-likeness (QED) is 0.468. The summed E-state index contributed by atoms with van der Waals surface area (Å²) >= 11 is 0. The molecule has 9 heteroatoms. The van der Waals surface area contributed by atoms with Crippen LogP contribution >= 0.6 is 0 Å². The second-order valence-corrected chi connectivity index (χ2v) is 3.96. The van der Waals surface area contributed by atoms with Crippen LogP contribution < -0.4 is 16.0 Å². The summed E-state index contributed by atoms with van der Waals surface area (Å²) in [5.74, 6) is 5.74. The fraction of sp³-hybridized carbons (Fsp3) is 0.273. The zero-order valence-electron chi connectivity index (χ0n) is 10.8. The van der Waals surface area contributed by atoms with Crippen LogP contribution in [0.1, 0.15) is 13.3 Å². The molecule has 2 heterocycles. The van der Waals surface area contributed by atoms with Gasteiger partial charge in [-0.2, -0.15) is 10.1 Å². The van der Waals surface area contributed by atoms with E-state index >= 15 is 0 Å². The van der Waals surface area contributed by atoms with Crippen molar-refractivity contribution in [3.05, 3.63) is 34.6 Å². The van der Waals surface area contributed by atoms with Crippen LogP contribution in [0.4, 0.5) is 11.5 Å². The fourth-order valence-corrected chi connectivity index (χ4v) is 1.59. The highest BCUT2D eigenvalue weighted by molar-refractivity contribution is 5.49. The van der Waals surface area contributed by atoms with Gasteiger partial charge in [0, 0.05) is 12.6 Å². The minimum absolute atomic E-state index is 0.138. The smallest absolute Gasteiger partial charge is 0.331 e.